The second-order valence-electron chi connectivity index (χ2n) is 8.08. The molecule has 1 atom stereocenters. The molecule has 2 heterocycles. The van der Waals surface area contributed by atoms with Crippen LogP contribution in [-0.4, -0.2) is 67.3 Å². The molecule has 1 N–H and O–H groups in total. The molecular weight excluding hydrogens is 253 g/mol. The summed E-state index contributed by atoms with van der Waals surface area (Å²) in [6.07, 6.45) is 1.39. The van der Waals surface area contributed by atoms with E-state index in [4.69, 9.17) is 0 Å². The van der Waals surface area contributed by atoms with E-state index in [0.717, 1.165) is 39.3 Å². The van der Waals surface area contributed by atoms with Crippen molar-refractivity contribution in [1.29, 1.82) is 0 Å². The summed E-state index contributed by atoms with van der Waals surface area (Å²) in [5.74, 6) is 0. The van der Waals surface area contributed by atoms with Gasteiger partial charge in [0, 0.05) is 51.9 Å². The summed E-state index contributed by atoms with van der Waals surface area (Å²) in [6, 6.07) is 0.494. The molecule has 2 aliphatic heterocycles. The van der Waals surface area contributed by atoms with E-state index >= 15 is 4.39 Å². The largest absolute Gasteiger partial charge is 0.312 e. The maximum Gasteiger partial charge on any atom is 0.126 e. The molecule has 0 bridgehead atoms. The molecule has 2 aliphatic rings. The van der Waals surface area contributed by atoms with E-state index in [0.29, 0.717) is 30.8 Å². The van der Waals surface area contributed by atoms with Crippen molar-refractivity contribution in [2.45, 2.75) is 52.2 Å². The van der Waals surface area contributed by atoms with Gasteiger partial charge in [0.15, 0.2) is 0 Å². The number of likely N-dealkylation sites (tertiary alicyclic amines) is 1. The van der Waals surface area contributed by atoms with Gasteiger partial charge in [0.25, 0.3) is 0 Å². The number of rotatable bonds is 3. The van der Waals surface area contributed by atoms with Crippen LogP contribution in [0.1, 0.15) is 40.5 Å². The Labute approximate surface area is 123 Å². The summed E-state index contributed by atoms with van der Waals surface area (Å²) in [6.45, 7) is 15.4. The highest BCUT2D eigenvalue weighted by Crippen LogP contribution is 2.29. The first kappa shape index (κ1) is 16.2. The predicted octanol–water partition coefficient (Wildman–Crippen LogP) is 2.13. The Kier molecular flexibility index (Phi) is 5.09. The zero-order chi connectivity index (χ0) is 14.8. The third-order valence-electron chi connectivity index (χ3n) is 4.41. The molecule has 0 saturated carbocycles. The average molecular weight is 285 g/mol. The standard InChI is InChI=1S/C16H32FN3/c1-14-11-20(10-7-18-14)13-16(17)5-8-19(9-6-16)12-15(2,3)4/h14,18H,5-13H2,1-4H3. The Morgan fingerprint density at radius 2 is 1.80 bits per heavy atom. The third-order valence-corrected chi connectivity index (χ3v) is 4.41. The van der Waals surface area contributed by atoms with Gasteiger partial charge >= 0.3 is 0 Å². The lowest BCUT2D eigenvalue weighted by Gasteiger charge is -2.42. The van der Waals surface area contributed by atoms with Crippen molar-refractivity contribution < 1.29 is 4.39 Å². The van der Waals surface area contributed by atoms with E-state index in [-0.39, 0.29) is 0 Å². The smallest absolute Gasteiger partial charge is 0.126 e. The molecule has 0 aromatic heterocycles. The molecule has 2 rings (SSSR count). The Bertz CT molecular complexity index is 305. The summed E-state index contributed by atoms with van der Waals surface area (Å²) in [7, 11) is 0. The van der Waals surface area contributed by atoms with Gasteiger partial charge in [-0.3, -0.25) is 4.90 Å². The molecule has 2 saturated heterocycles. The van der Waals surface area contributed by atoms with Crippen LogP contribution in [0.2, 0.25) is 0 Å². The highest BCUT2D eigenvalue weighted by atomic mass is 19.1. The van der Waals surface area contributed by atoms with Crippen LogP contribution in [0.4, 0.5) is 4.39 Å². The quantitative estimate of drug-likeness (QED) is 0.857. The van der Waals surface area contributed by atoms with Gasteiger partial charge in [-0.05, 0) is 25.2 Å². The molecule has 0 radical (unpaired) electrons. The highest BCUT2D eigenvalue weighted by Gasteiger charge is 2.37. The highest BCUT2D eigenvalue weighted by molar-refractivity contribution is 4.91. The molecule has 118 valence electrons. The Morgan fingerprint density at radius 1 is 1.15 bits per heavy atom. The monoisotopic (exact) mass is 285 g/mol. The van der Waals surface area contributed by atoms with E-state index in [1.807, 2.05) is 0 Å². The van der Waals surface area contributed by atoms with Crippen molar-refractivity contribution in [2.24, 2.45) is 5.41 Å². The second kappa shape index (κ2) is 6.29. The topological polar surface area (TPSA) is 18.5 Å². The van der Waals surface area contributed by atoms with Gasteiger partial charge in [0.2, 0.25) is 0 Å². The fourth-order valence-corrected chi connectivity index (χ4v) is 3.50. The van der Waals surface area contributed by atoms with E-state index < -0.39 is 5.67 Å². The first-order chi connectivity index (χ1) is 9.26. The molecule has 1 unspecified atom stereocenters. The lowest BCUT2D eigenvalue weighted by Crippen LogP contribution is -2.55. The number of hydrogen-bond donors (Lipinski definition) is 1. The third kappa shape index (κ3) is 4.97. The van der Waals surface area contributed by atoms with Crippen LogP contribution in [0.25, 0.3) is 0 Å². The number of nitrogens with zero attached hydrogens (tertiary/aromatic N) is 2. The first-order valence-corrected chi connectivity index (χ1v) is 8.13. The Balaban J connectivity index is 1.79. The second-order valence-corrected chi connectivity index (χ2v) is 8.08. The number of halogens is 1. The molecule has 2 fully saturated rings. The molecule has 3 nitrogen and oxygen atoms in total. The summed E-state index contributed by atoms with van der Waals surface area (Å²) < 4.78 is 15.0. The molecule has 20 heavy (non-hydrogen) atoms. The molecule has 4 heteroatoms. The van der Waals surface area contributed by atoms with Crippen molar-refractivity contribution >= 4 is 0 Å². The molecule has 0 aliphatic carbocycles. The van der Waals surface area contributed by atoms with Gasteiger partial charge in [-0.1, -0.05) is 20.8 Å². The van der Waals surface area contributed by atoms with E-state index in [1.165, 1.54) is 0 Å². The van der Waals surface area contributed by atoms with Gasteiger partial charge in [-0.15, -0.1) is 0 Å². The number of piperidine rings is 1. The summed E-state index contributed by atoms with van der Waals surface area (Å²) in [4.78, 5) is 4.73. The summed E-state index contributed by atoms with van der Waals surface area (Å²) >= 11 is 0. The zero-order valence-corrected chi connectivity index (χ0v) is 13.7. The van der Waals surface area contributed by atoms with E-state index in [1.54, 1.807) is 0 Å². The summed E-state index contributed by atoms with van der Waals surface area (Å²) in [5, 5.41) is 3.42. The van der Waals surface area contributed by atoms with Crippen LogP contribution < -0.4 is 5.32 Å². The van der Waals surface area contributed by atoms with E-state index in [2.05, 4.69) is 42.8 Å². The van der Waals surface area contributed by atoms with Crippen LogP contribution in [0.5, 0.6) is 0 Å². The van der Waals surface area contributed by atoms with Crippen molar-refractivity contribution in [1.82, 2.24) is 15.1 Å². The van der Waals surface area contributed by atoms with Crippen molar-refractivity contribution in [3.63, 3.8) is 0 Å². The van der Waals surface area contributed by atoms with Gasteiger partial charge < -0.3 is 10.2 Å². The first-order valence-electron chi connectivity index (χ1n) is 8.13. The number of nitrogens with one attached hydrogen (secondary N) is 1. The summed E-state index contributed by atoms with van der Waals surface area (Å²) in [5.41, 5.74) is -0.657. The zero-order valence-electron chi connectivity index (χ0n) is 13.7. The van der Waals surface area contributed by atoms with Gasteiger partial charge in [0.1, 0.15) is 5.67 Å². The minimum Gasteiger partial charge on any atom is -0.312 e. The fourth-order valence-electron chi connectivity index (χ4n) is 3.50. The van der Waals surface area contributed by atoms with Crippen LogP contribution in [-0.2, 0) is 0 Å². The Morgan fingerprint density at radius 3 is 2.35 bits per heavy atom. The molecule has 0 aromatic carbocycles. The van der Waals surface area contributed by atoms with Gasteiger partial charge in [-0.25, -0.2) is 4.39 Å². The number of piperazine rings is 1. The average Bonchev–Trinajstić information content (AvgIpc) is 2.31. The number of hydrogen-bond acceptors (Lipinski definition) is 3. The van der Waals surface area contributed by atoms with Crippen LogP contribution in [0.15, 0.2) is 0 Å². The minimum atomic E-state index is -0.967. The molecule has 0 amide bonds. The van der Waals surface area contributed by atoms with Gasteiger partial charge in [-0.2, -0.15) is 0 Å². The van der Waals surface area contributed by atoms with Crippen LogP contribution in [0.3, 0.4) is 0 Å². The number of alkyl halides is 1. The maximum atomic E-state index is 15.0. The predicted molar refractivity (Wildman–Crippen MR) is 82.9 cm³/mol. The van der Waals surface area contributed by atoms with Crippen LogP contribution in [0, 0.1) is 5.41 Å². The molecule has 0 spiro atoms. The molecular formula is C16H32FN3. The van der Waals surface area contributed by atoms with Crippen molar-refractivity contribution in [3.8, 4) is 0 Å². The van der Waals surface area contributed by atoms with Crippen molar-refractivity contribution in [3.05, 3.63) is 0 Å². The lowest BCUT2D eigenvalue weighted by atomic mass is 9.89. The van der Waals surface area contributed by atoms with Crippen LogP contribution >= 0.6 is 0 Å². The lowest BCUT2D eigenvalue weighted by molar-refractivity contribution is 0.00970. The maximum absolute atomic E-state index is 15.0. The SMILES string of the molecule is CC1CN(CC2(F)CCN(CC(C)(C)C)CC2)CCN1. The van der Waals surface area contributed by atoms with Gasteiger partial charge in [0.05, 0.1) is 0 Å². The fraction of sp³-hybridized carbons (Fsp3) is 1.00. The normalized spacial score (nSPS) is 29.6. The minimum absolute atomic E-state index is 0.310. The Hall–Kier alpha value is -0.190. The van der Waals surface area contributed by atoms with Crippen molar-refractivity contribution in [2.75, 3.05) is 45.8 Å². The molecule has 0 aromatic rings. The van der Waals surface area contributed by atoms with E-state index in [9.17, 15) is 0 Å².